The second-order valence-electron chi connectivity index (χ2n) is 5.05. The minimum absolute atomic E-state index is 0.0850. The molecule has 2 heterocycles. The van der Waals surface area contributed by atoms with Crippen molar-refractivity contribution in [3.05, 3.63) is 22.4 Å². The van der Waals surface area contributed by atoms with E-state index in [1.807, 2.05) is 16.8 Å². The smallest absolute Gasteiger partial charge is 0.252 e. The van der Waals surface area contributed by atoms with Gasteiger partial charge in [-0.1, -0.05) is 0 Å². The molecule has 1 unspecified atom stereocenters. The fourth-order valence-corrected chi connectivity index (χ4v) is 3.57. The van der Waals surface area contributed by atoms with Gasteiger partial charge in [0.15, 0.2) is 0 Å². The molecule has 1 aliphatic heterocycles. The number of carbonyl (C=O) groups excluding carboxylic acids is 1. The zero-order valence-corrected chi connectivity index (χ0v) is 10.6. The number of hydrogen-bond acceptors (Lipinski definition) is 3. The lowest BCUT2D eigenvalue weighted by Gasteiger charge is -2.52. The summed E-state index contributed by atoms with van der Waals surface area (Å²) in [5.41, 5.74) is 1.13. The van der Waals surface area contributed by atoms with Gasteiger partial charge in [-0.25, -0.2) is 0 Å². The largest absolute Gasteiger partial charge is 0.381 e. The van der Waals surface area contributed by atoms with Gasteiger partial charge in [-0.2, -0.15) is 11.3 Å². The quantitative estimate of drug-likeness (QED) is 0.876. The van der Waals surface area contributed by atoms with Crippen LogP contribution in [0.5, 0.6) is 0 Å². The van der Waals surface area contributed by atoms with Crippen LogP contribution in [0.1, 0.15) is 36.0 Å². The Hall–Kier alpha value is -0.870. The van der Waals surface area contributed by atoms with E-state index in [1.165, 1.54) is 6.42 Å². The van der Waals surface area contributed by atoms with Gasteiger partial charge in [0.25, 0.3) is 5.91 Å². The number of amides is 1. The summed E-state index contributed by atoms with van der Waals surface area (Å²) in [6, 6.07) is 2.24. The first-order valence-electron chi connectivity index (χ1n) is 6.21. The van der Waals surface area contributed by atoms with Crippen LogP contribution in [-0.2, 0) is 4.74 Å². The van der Waals surface area contributed by atoms with E-state index < -0.39 is 0 Å². The van der Waals surface area contributed by atoms with Gasteiger partial charge in [0, 0.05) is 30.2 Å². The Bertz CT molecular complexity index is 396. The van der Waals surface area contributed by atoms with Gasteiger partial charge < -0.3 is 10.1 Å². The normalized spacial score (nSPS) is 26.5. The average Bonchev–Trinajstić information content (AvgIpc) is 2.89. The second kappa shape index (κ2) is 4.42. The minimum atomic E-state index is 0.0850. The summed E-state index contributed by atoms with van der Waals surface area (Å²) in [6.07, 6.45) is 4.56. The van der Waals surface area contributed by atoms with E-state index in [-0.39, 0.29) is 5.91 Å². The molecule has 0 aromatic carbocycles. The maximum Gasteiger partial charge on any atom is 0.252 e. The molecule has 3 rings (SSSR count). The highest BCUT2D eigenvalue weighted by Gasteiger charge is 2.47. The van der Waals surface area contributed by atoms with E-state index in [1.54, 1.807) is 11.3 Å². The molecule has 4 heteroatoms. The van der Waals surface area contributed by atoms with Gasteiger partial charge in [0.1, 0.15) is 0 Å². The predicted octanol–water partition coefficient (Wildman–Crippen LogP) is 2.44. The van der Waals surface area contributed by atoms with E-state index in [2.05, 4.69) is 5.32 Å². The molecule has 17 heavy (non-hydrogen) atoms. The lowest BCUT2D eigenvalue weighted by Crippen LogP contribution is -2.57. The maximum atomic E-state index is 12.0. The van der Waals surface area contributed by atoms with Gasteiger partial charge in [-0.15, -0.1) is 0 Å². The fourth-order valence-electron chi connectivity index (χ4n) is 2.93. The zero-order chi connectivity index (χ0) is 11.7. The van der Waals surface area contributed by atoms with Gasteiger partial charge in [0.05, 0.1) is 0 Å². The van der Waals surface area contributed by atoms with Crippen LogP contribution in [-0.4, -0.2) is 25.2 Å². The second-order valence-corrected chi connectivity index (χ2v) is 5.83. The molecule has 1 aromatic heterocycles. The summed E-state index contributed by atoms with van der Waals surface area (Å²) in [7, 11) is 0. The van der Waals surface area contributed by atoms with E-state index in [0.29, 0.717) is 11.5 Å². The van der Waals surface area contributed by atoms with Crippen molar-refractivity contribution < 1.29 is 9.53 Å². The molecule has 1 saturated heterocycles. The van der Waals surface area contributed by atoms with Gasteiger partial charge in [-0.3, -0.25) is 4.79 Å². The Morgan fingerprint density at radius 3 is 2.82 bits per heavy atom. The van der Waals surface area contributed by atoms with Crippen LogP contribution in [0.25, 0.3) is 0 Å². The molecule has 1 aliphatic carbocycles. The molecule has 1 atom stereocenters. The van der Waals surface area contributed by atoms with Crippen molar-refractivity contribution in [2.24, 2.45) is 5.41 Å². The molecule has 3 nitrogen and oxygen atoms in total. The standard InChI is InChI=1S/C13H17NO2S/c15-12(10-2-8-17-9-10)14-11-1-3-13(11)4-6-16-7-5-13/h2,8-9,11H,1,3-7H2,(H,14,15). The minimum Gasteiger partial charge on any atom is -0.381 e. The van der Waals surface area contributed by atoms with Crippen molar-refractivity contribution in [1.82, 2.24) is 5.32 Å². The van der Waals surface area contributed by atoms with Crippen molar-refractivity contribution in [1.29, 1.82) is 0 Å². The Labute approximate surface area is 105 Å². The van der Waals surface area contributed by atoms with Crippen LogP contribution in [0.2, 0.25) is 0 Å². The van der Waals surface area contributed by atoms with Crippen LogP contribution in [0, 0.1) is 5.41 Å². The number of ether oxygens (including phenoxy) is 1. The van der Waals surface area contributed by atoms with Crippen LogP contribution in [0.4, 0.5) is 0 Å². The molecule has 0 bridgehead atoms. The number of carbonyl (C=O) groups is 1. The molecule has 0 radical (unpaired) electrons. The molecule has 2 fully saturated rings. The first-order valence-corrected chi connectivity index (χ1v) is 7.15. The molecule has 1 N–H and O–H groups in total. The molecule has 1 amide bonds. The summed E-state index contributed by atoms with van der Waals surface area (Å²) in [5.74, 6) is 0.0850. The van der Waals surface area contributed by atoms with E-state index in [0.717, 1.165) is 38.0 Å². The number of thiophene rings is 1. The third-order valence-electron chi connectivity index (χ3n) is 4.25. The summed E-state index contributed by atoms with van der Waals surface area (Å²) >= 11 is 1.57. The molecule has 1 spiro atoms. The molecule has 92 valence electrons. The van der Waals surface area contributed by atoms with Crippen molar-refractivity contribution in [3.63, 3.8) is 0 Å². The first kappa shape index (κ1) is 11.2. The lowest BCUT2D eigenvalue weighted by molar-refractivity contribution is -0.0523. The molecular formula is C13H17NO2S. The summed E-state index contributed by atoms with van der Waals surface area (Å²) in [6.45, 7) is 1.70. The highest BCUT2D eigenvalue weighted by atomic mass is 32.1. The highest BCUT2D eigenvalue weighted by Crippen LogP contribution is 2.48. The van der Waals surface area contributed by atoms with Crippen LogP contribution in [0.3, 0.4) is 0 Å². The van der Waals surface area contributed by atoms with Crippen molar-refractivity contribution in [3.8, 4) is 0 Å². The molecule has 1 aromatic rings. The zero-order valence-electron chi connectivity index (χ0n) is 9.78. The Balaban J connectivity index is 1.64. The Morgan fingerprint density at radius 1 is 1.41 bits per heavy atom. The van der Waals surface area contributed by atoms with Crippen LogP contribution >= 0.6 is 11.3 Å². The SMILES string of the molecule is O=C(NC1CCC12CCOCC2)c1ccsc1. The van der Waals surface area contributed by atoms with E-state index in [9.17, 15) is 4.79 Å². The van der Waals surface area contributed by atoms with E-state index >= 15 is 0 Å². The van der Waals surface area contributed by atoms with Gasteiger partial charge in [-0.05, 0) is 42.5 Å². The monoisotopic (exact) mass is 251 g/mol. The summed E-state index contributed by atoms with van der Waals surface area (Å²) in [4.78, 5) is 12.0. The topological polar surface area (TPSA) is 38.3 Å². The van der Waals surface area contributed by atoms with Gasteiger partial charge in [0.2, 0.25) is 0 Å². The first-order chi connectivity index (χ1) is 8.30. The van der Waals surface area contributed by atoms with Crippen LogP contribution < -0.4 is 5.32 Å². The average molecular weight is 251 g/mol. The van der Waals surface area contributed by atoms with Crippen molar-refractivity contribution in [2.75, 3.05) is 13.2 Å². The van der Waals surface area contributed by atoms with Crippen molar-refractivity contribution in [2.45, 2.75) is 31.7 Å². The third kappa shape index (κ3) is 2.00. The molecule has 1 saturated carbocycles. The molecular weight excluding hydrogens is 234 g/mol. The van der Waals surface area contributed by atoms with Crippen LogP contribution in [0.15, 0.2) is 16.8 Å². The van der Waals surface area contributed by atoms with E-state index in [4.69, 9.17) is 4.74 Å². The van der Waals surface area contributed by atoms with Crippen molar-refractivity contribution >= 4 is 17.2 Å². The molecule has 2 aliphatic rings. The van der Waals surface area contributed by atoms with Gasteiger partial charge >= 0.3 is 0 Å². The third-order valence-corrected chi connectivity index (χ3v) is 4.93. The predicted molar refractivity (Wildman–Crippen MR) is 67.3 cm³/mol. The maximum absolute atomic E-state index is 12.0. The fraction of sp³-hybridized carbons (Fsp3) is 0.615. The Kier molecular flexibility index (Phi) is 2.92. The number of hydrogen-bond donors (Lipinski definition) is 1. The number of nitrogens with one attached hydrogen (secondary N) is 1. The summed E-state index contributed by atoms with van der Waals surface area (Å²) < 4.78 is 5.42. The summed E-state index contributed by atoms with van der Waals surface area (Å²) in [5, 5.41) is 7.04. The Morgan fingerprint density at radius 2 is 2.24 bits per heavy atom. The number of rotatable bonds is 2. The lowest BCUT2D eigenvalue weighted by atomic mass is 9.60. The highest BCUT2D eigenvalue weighted by molar-refractivity contribution is 7.08.